The number of nitrogens with one attached hydrogen (secondary N) is 1. The van der Waals surface area contributed by atoms with Crippen molar-refractivity contribution in [1.29, 1.82) is 0 Å². The van der Waals surface area contributed by atoms with E-state index in [0.717, 1.165) is 25.5 Å². The molecule has 1 unspecified atom stereocenters. The largest absolute Gasteiger partial charge is 0.481 e. The number of aliphatic carboxylic acids is 1. The van der Waals surface area contributed by atoms with Gasteiger partial charge in [-0.15, -0.1) is 0 Å². The van der Waals surface area contributed by atoms with Gasteiger partial charge in [-0.1, -0.05) is 19.3 Å². The summed E-state index contributed by atoms with van der Waals surface area (Å²) in [5.41, 5.74) is 4.72. The van der Waals surface area contributed by atoms with Crippen LogP contribution in [0.2, 0.25) is 0 Å². The number of sulfone groups is 1. The molecular formula is C13H24N2O5S. The number of carbonyl (C=O) groups is 2. The molecule has 0 heterocycles. The highest BCUT2D eigenvalue weighted by Gasteiger charge is 2.40. The fourth-order valence-corrected chi connectivity index (χ4v) is 3.24. The van der Waals surface area contributed by atoms with Crippen molar-refractivity contribution in [2.24, 2.45) is 11.1 Å². The molecule has 1 amide bonds. The van der Waals surface area contributed by atoms with Gasteiger partial charge in [0.05, 0.1) is 17.2 Å². The molecule has 0 radical (unpaired) electrons. The summed E-state index contributed by atoms with van der Waals surface area (Å²) in [4.78, 5) is 23.3. The van der Waals surface area contributed by atoms with Gasteiger partial charge in [-0.25, -0.2) is 8.42 Å². The summed E-state index contributed by atoms with van der Waals surface area (Å²) in [6, 6.07) is -0.936. The van der Waals surface area contributed by atoms with Gasteiger partial charge in [0, 0.05) is 12.8 Å². The lowest BCUT2D eigenvalue weighted by molar-refractivity contribution is -0.151. The van der Waals surface area contributed by atoms with E-state index in [1.165, 1.54) is 0 Å². The van der Waals surface area contributed by atoms with Crippen LogP contribution in [0, 0.1) is 5.41 Å². The van der Waals surface area contributed by atoms with Crippen LogP contribution in [0.1, 0.15) is 38.5 Å². The molecular weight excluding hydrogens is 296 g/mol. The predicted octanol–water partition coefficient (Wildman–Crippen LogP) is -0.100. The third-order valence-corrected chi connectivity index (χ3v) is 4.98. The molecule has 122 valence electrons. The molecule has 1 saturated carbocycles. The Morgan fingerprint density at radius 3 is 2.33 bits per heavy atom. The van der Waals surface area contributed by atoms with Crippen LogP contribution in [0.4, 0.5) is 0 Å². The molecule has 8 heteroatoms. The lowest BCUT2D eigenvalue weighted by Gasteiger charge is -2.33. The second kappa shape index (κ2) is 7.22. The van der Waals surface area contributed by atoms with Crippen LogP contribution in [-0.4, -0.2) is 50.0 Å². The quantitative estimate of drug-likeness (QED) is 0.601. The van der Waals surface area contributed by atoms with E-state index in [1.807, 2.05) is 0 Å². The Morgan fingerprint density at radius 1 is 1.29 bits per heavy atom. The van der Waals surface area contributed by atoms with E-state index in [0.29, 0.717) is 12.8 Å². The van der Waals surface area contributed by atoms with Crippen LogP contribution in [0.25, 0.3) is 0 Å². The minimum absolute atomic E-state index is 0.0325. The first-order valence-electron chi connectivity index (χ1n) is 7.11. The molecule has 0 spiro atoms. The second-order valence-electron chi connectivity index (χ2n) is 5.89. The minimum Gasteiger partial charge on any atom is -0.481 e. The summed E-state index contributed by atoms with van der Waals surface area (Å²) in [5, 5.41) is 12.0. The Labute approximate surface area is 125 Å². The van der Waals surface area contributed by atoms with Crippen LogP contribution < -0.4 is 11.1 Å². The van der Waals surface area contributed by atoms with E-state index in [2.05, 4.69) is 5.32 Å². The molecule has 1 fully saturated rings. The fourth-order valence-electron chi connectivity index (χ4n) is 2.55. The Kier molecular flexibility index (Phi) is 6.15. The van der Waals surface area contributed by atoms with Crippen molar-refractivity contribution in [2.45, 2.75) is 44.6 Å². The van der Waals surface area contributed by atoms with Crippen LogP contribution >= 0.6 is 0 Å². The van der Waals surface area contributed by atoms with Crippen molar-refractivity contribution in [2.75, 3.05) is 18.6 Å². The van der Waals surface area contributed by atoms with Crippen LogP contribution in [0.3, 0.4) is 0 Å². The van der Waals surface area contributed by atoms with Crippen molar-refractivity contribution in [3.63, 3.8) is 0 Å². The summed E-state index contributed by atoms with van der Waals surface area (Å²) < 4.78 is 22.1. The SMILES string of the molecule is CS(=O)(=O)CCC(N)C(=O)NCC1(C(=O)O)CCCCC1. The summed E-state index contributed by atoms with van der Waals surface area (Å²) in [6.07, 6.45) is 4.88. The highest BCUT2D eigenvalue weighted by Crippen LogP contribution is 2.35. The van der Waals surface area contributed by atoms with E-state index in [1.54, 1.807) is 0 Å². The lowest BCUT2D eigenvalue weighted by atomic mass is 9.74. The van der Waals surface area contributed by atoms with Crippen molar-refractivity contribution in [3.8, 4) is 0 Å². The van der Waals surface area contributed by atoms with Gasteiger partial charge >= 0.3 is 5.97 Å². The predicted molar refractivity (Wildman–Crippen MR) is 78.5 cm³/mol. The Balaban J connectivity index is 2.51. The average Bonchev–Trinajstić information content (AvgIpc) is 2.42. The molecule has 1 aliphatic carbocycles. The fraction of sp³-hybridized carbons (Fsp3) is 0.846. The number of nitrogens with two attached hydrogens (primary N) is 1. The molecule has 0 aliphatic heterocycles. The molecule has 21 heavy (non-hydrogen) atoms. The molecule has 0 bridgehead atoms. The van der Waals surface area contributed by atoms with Crippen LogP contribution in [-0.2, 0) is 19.4 Å². The number of carboxylic acid groups (broad SMARTS) is 1. The number of hydrogen-bond donors (Lipinski definition) is 3. The summed E-state index contributed by atoms with van der Waals surface area (Å²) in [6.45, 7) is 0.0493. The number of carboxylic acids is 1. The van der Waals surface area contributed by atoms with Crippen molar-refractivity contribution >= 4 is 21.7 Å². The second-order valence-corrected chi connectivity index (χ2v) is 8.15. The summed E-state index contributed by atoms with van der Waals surface area (Å²) in [5.74, 6) is -1.55. The first kappa shape index (κ1) is 17.9. The zero-order valence-electron chi connectivity index (χ0n) is 12.3. The maximum atomic E-state index is 11.8. The van der Waals surface area contributed by atoms with Crippen molar-refractivity contribution < 1.29 is 23.1 Å². The maximum Gasteiger partial charge on any atom is 0.311 e. The van der Waals surface area contributed by atoms with E-state index in [4.69, 9.17) is 5.73 Å². The Hall–Kier alpha value is -1.15. The monoisotopic (exact) mass is 320 g/mol. The van der Waals surface area contributed by atoms with E-state index in [9.17, 15) is 23.1 Å². The molecule has 7 nitrogen and oxygen atoms in total. The van der Waals surface area contributed by atoms with Crippen LogP contribution in [0.5, 0.6) is 0 Å². The van der Waals surface area contributed by atoms with Gasteiger partial charge in [0.2, 0.25) is 5.91 Å². The molecule has 1 rings (SSSR count). The van der Waals surface area contributed by atoms with Gasteiger partial charge in [0.1, 0.15) is 9.84 Å². The highest BCUT2D eigenvalue weighted by molar-refractivity contribution is 7.90. The maximum absolute atomic E-state index is 11.8. The number of hydrogen-bond acceptors (Lipinski definition) is 5. The third-order valence-electron chi connectivity index (χ3n) is 4.00. The standard InChI is InChI=1S/C13H24N2O5S/c1-21(19,20)8-5-10(14)11(16)15-9-13(12(17)18)6-3-2-4-7-13/h10H,2-9,14H2,1H3,(H,15,16)(H,17,18). The number of carbonyl (C=O) groups excluding carboxylic acids is 1. The van der Waals surface area contributed by atoms with Crippen LogP contribution in [0.15, 0.2) is 0 Å². The average molecular weight is 320 g/mol. The highest BCUT2D eigenvalue weighted by atomic mass is 32.2. The van der Waals surface area contributed by atoms with Gasteiger partial charge in [0.15, 0.2) is 0 Å². The van der Waals surface area contributed by atoms with Gasteiger partial charge in [-0.2, -0.15) is 0 Å². The van der Waals surface area contributed by atoms with E-state index < -0.39 is 33.2 Å². The summed E-state index contributed by atoms with van der Waals surface area (Å²) in [7, 11) is -3.17. The normalized spacial score (nSPS) is 19.7. The van der Waals surface area contributed by atoms with E-state index >= 15 is 0 Å². The molecule has 1 atom stereocenters. The van der Waals surface area contributed by atoms with E-state index in [-0.39, 0.29) is 18.7 Å². The summed E-state index contributed by atoms with van der Waals surface area (Å²) >= 11 is 0. The number of amides is 1. The lowest BCUT2D eigenvalue weighted by Crippen LogP contribution is -2.49. The van der Waals surface area contributed by atoms with Gasteiger partial charge in [-0.05, 0) is 19.3 Å². The first-order chi connectivity index (χ1) is 9.66. The third kappa shape index (κ3) is 5.62. The Morgan fingerprint density at radius 2 is 1.86 bits per heavy atom. The molecule has 0 aromatic carbocycles. The van der Waals surface area contributed by atoms with Crippen molar-refractivity contribution in [3.05, 3.63) is 0 Å². The molecule has 0 aromatic rings. The van der Waals surface area contributed by atoms with Gasteiger partial charge in [0.25, 0.3) is 0 Å². The first-order valence-corrected chi connectivity index (χ1v) is 9.17. The molecule has 4 N–H and O–H groups in total. The minimum atomic E-state index is -3.17. The molecule has 1 aliphatic rings. The topological polar surface area (TPSA) is 127 Å². The number of rotatable bonds is 7. The zero-order chi connectivity index (χ0) is 16.1. The zero-order valence-corrected chi connectivity index (χ0v) is 13.1. The van der Waals surface area contributed by atoms with Gasteiger partial charge < -0.3 is 16.2 Å². The Bertz CT molecular complexity index is 483. The van der Waals surface area contributed by atoms with Gasteiger partial charge in [-0.3, -0.25) is 9.59 Å². The molecule has 0 aromatic heterocycles. The smallest absolute Gasteiger partial charge is 0.311 e. The van der Waals surface area contributed by atoms with Crippen molar-refractivity contribution in [1.82, 2.24) is 5.32 Å². The molecule has 0 saturated heterocycles.